The third kappa shape index (κ3) is 6.67. The standard InChI is InChI=1S/C17H29N5O2S.HI/c1-3-21-25(23,24)16-9-7-14(8-10-16)12-19-17(18)20-13-15-6-5-11-22(15)4-2;/h7-10,15,21H,3-6,11-13H2,1-2H3,(H3,18,19,20);1H. The summed E-state index contributed by atoms with van der Waals surface area (Å²) in [5.74, 6) is 0.423. The van der Waals surface area contributed by atoms with Crippen molar-refractivity contribution in [3.8, 4) is 0 Å². The zero-order valence-electron chi connectivity index (χ0n) is 15.4. The quantitative estimate of drug-likeness (QED) is 0.288. The maximum Gasteiger partial charge on any atom is 0.240 e. The zero-order chi connectivity index (χ0) is 18.3. The zero-order valence-corrected chi connectivity index (χ0v) is 18.6. The number of aliphatic imine (C=N–C) groups is 1. The van der Waals surface area contributed by atoms with Crippen LogP contribution in [0.15, 0.2) is 34.2 Å². The maximum absolute atomic E-state index is 11.9. The van der Waals surface area contributed by atoms with E-state index in [4.69, 9.17) is 5.73 Å². The van der Waals surface area contributed by atoms with E-state index in [1.807, 2.05) is 0 Å². The number of likely N-dealkylation sites (N-methyl/N-ethyl adjacent to an activating group) is 1. The normalized spacial score (nSPS) is 18.5. The summed E-state index contributed by atoms with van der Waals surface area (Å²) in [5, 5.41) is 3.19. The molecule has 1 aromatic carbocycles. The largest absolute Gasteiger partial charge is 0.370 e. The SMILES string of the molecule is CCNS(=O)(=O)c1ccc(CN=C(N)NCC2CCCN2CC)cc1.I. The highest BCUT2D eigenvalue weighted by molar-refractivity contribution is 14.0. The van der Waals surface area contributed by atoms with Gasteiger partial charge >= 0.3 is 0 Å². The Hall–Kier alpha value is -0.910. The van der Waals surface area contributed by atoms with E-state index in [1.54, 1.807) is 31.2 Å². The number of nitrogens with two attached hydrogens (primary N) is 1. The fourth-order valence-electron chi connectivity index (χ4n) is 3.04. The molecule has 0 spiro atoms. The molecule has 0 bridgehead atoms. The molecule has 7 nitrogen and oxygen atoms in total. The number of nitrogens with one attached hydrogen (secondary N) is 2. The van der Waals surface area contributed by atoms with E-state index in [2.05, 4.69) is 26.9 Å². The average Bonchev–Trinajstić information content (AvgIpc) is 3.06. The van der Waals surface area contributed by atoms with Crippen molar-refractivity contribution < 1.29 is 8.42 Å². The van der Waals surface area contributed by atoms with E-state index >= 15 is 0 Å². The molecule has 26 heavy (non-hydrogen) atoms. The summed E-state index contributed by atoms with van der Waals surface area (Å²) in [6.07, 6.45) is 2.43. The van der Waals surface area contributed by atoms with E-state index in [-0.39, 0.29) is 28.9 Å². The second-order valence-electron chi connectivity index (χ2n) is 6.15. The lowest BCUT2D eigenvalue weighted by Gasteiger charge is -2.23. The predicted octanol–water partition coefficient (Wildman–Crippen LogP) is 1.49. The highest BCUT2D eigenvalue weighted by Crippen LogP contribution is 2.15. The summed E-state index contributed by atoms with van der Waals surface area (Å²) in [6, 6.07) is 7.22. The first-order valence-electron chi connectivity index (χ1n) is 8.82. The number of hydrogen-bond donors (Lipinski definition) is 3. The maximum atomic E-state index is 11.9. The molecular formula is C17H30IN5O2S. The molecule has 1 atom stereocenters. The Bertz CT molecular complexity index is 679. The Labute approximate surface area is 173 Å². The van der Waals surface area contributed by atoms with E-state index in [1.165, 1.54) is 12.8 Å². The molecule has 1 aliphatic rings. The molecule has 9 heteroatoms. The van der Waals surface area contributed by atoms with Gasteiger partial charge in [-0.25, -0.2) is 18.1 Å². The van der Waals surface area contributed by atoms with Crippen LogP contribution in [0, 0.1) is 0 Å². The lowest BCUT2D eigenvalue weighted by Crippen LogP contribution is -2.42. The minimum Gasteiger partial charge on any atom is -0.370 e. The van der Waals surface area contributed by atoms with Crippen LogP contribution < -0.4 is 15.8 Å². The first-order chi connectivity index (χ1) is 12.0. The number of halogens is 1. The van der Waals surface area contributed by atoms with Gasteiger partial charge in [0.15, 0.2) is 5.96 Å². The topological polar surface area (TPSA) is 99.8 Å². The fraction of sp³-hybridized carbons (Fsp3) is 0.588. The number of likely N-dealkylation sites (tertiary alicyclic amines) is 1. The van der Waals surface area contributed by atoms with Crippen molar-refractivity contribution >= 4 is 40.0 Å². The Morgan fingerprint density at radius 1 is 1.31 bits per heavy atom. The first kappa shape index (κ1) is 23.1. The van der Waals surface area contributed by atoms with Crippen LogP contribution in [0.3, 0.4) is 0 Å². The second kappa shape index (κ2) is 11.1. The van der Waals surface area contributed by atoms with Crippen LogP contribution in [0.2, 0.25) is 0 Å². The molecule has 1 heterocycles. The highest BCUT2D eigenvalue weighted by Gasteiger charge is 2.22. The van der Waals surface area contributed by atoms with Gasteiger partial charge in [-0.3, -0.25) is 4.90 Å². The molecule has 1 unspecified atom stereocenters. The van der Waals surface area contributed by atoms with Crippen molar-refractivity contribution in [2.75, 3.05) is 26.2 Å². The Morgan fingerprint density at radius 3 is 2.62 bits per heavy atom. The van der Waals surface area contributed by atoms with Crippen LogP contribution in [0.1, 0.15) is 32.3 Å². The van der Waals surface area contributed by atoms with Gasteiger partial charge in [0.1, 0.15) is 0 Å². The summed E-state index contributed by atoms with van der Waals surface area (Å²) in [4.78, 5) is 7.04. The number of sulfonamides is 1. The fourth-order valence-corrected chi connectivity index (χ4v) is 4.09. The lowest BCUT2D eigenvalue weighted by atomic mass is 10.2. The lowest BCUT2D eigenvalue weighted by molar-refractivity contribution is 0.267. The molecule has 0 amide bonds. The summed E-state index contributed by atoms with van der Waals surface area (Å²) < 4.78 is 26.3. The van der Waals surface area contributed by atoms with Gasteiger partial charge in [-0.05, 0) is 43.6 Å². The molecule has 0 aromatic heterocycles. The van der Waals surface area contributed by atoms with Crippen molar-refractivity contribution in [1.29, 1.82) is 0 Å². The number of nitrogens with zero attached hydrogens (tertiary/aromatic N) is 2. The molecular weight excluding hydrogens is 465 g/mol. The molecule has 148 valence electrons. The van der Waals surface area contributed by atoms with Crippen LogP contribution in [-0.4, -0.2) is 51.5 Å². The van der Waals surface area contributed by atoms with Gasteiger partial charge in [0.25, 0.3) is 0 Å². The van der Waals surface area contributed by atoms with Crippen LogP contribution in [-0.2, 0) is 16.6 Å². The first-order valence-corrected chi connectivity index (χ1v) is 10.3. The predicted molar refractivity (Wildman–Crippen MR) is 116 cm³/mol. The number of hydrogen-bond acceptors (Lipinski definition) is 4. The van der Waals surface area contributed by atoms with Gasteiger partial charge in [-0.2, -0.15) is 0 Å². The Balaban J connectivity index is 0.00000338. The number of rotatable bonds is 8. The number of guanidine groups is 1. The third-order valence-corrected chi connectivity index (χ3v) is 5.99. The van der Waals surface area contributed by atoms with E-state index < -0.39 is 10.0 Å². The van der Waals surface area contributed by atoms with E-state index in [9.17, 15) is 8.42 Å². The van der Waals surface area contributed by atoms with Crippen LogP contribution in [0.4, 0.5) is 0 Å². The Morgan fingerprint density at radius 2 is 2.00 bits per heavy atom. The van der Waals surface area contributed by atoms with Crippen molar-refractivity contribution in [2.24, 2.45) is 10.7 Å². The van der Waals surface area contributed by atoms with Gasteiger partial charge < -0.3 is 11.1 Å². The summed E-state index contributed by atoms with van der Waals surface area (Å²) in [6.45, 7) is 7.74. The van der Waals surface area contributed by atoms with Gasteiger partial charge in [-0.15, -0.1) is 24.0 Å². The summed E-state index contributed by atoms with van der Waals surface area (Å²) >= 11 is 0. The van der Waals surface area contributed by atoms with Crippen molar-refractivity contribution in [3.63, 3.8) is 0 Å². The minimum atomic E-state index is -3.41. The monoisotopic (exact) mass is 495 g/mol. The van der Waals surface area contributed by atoms with Crippen molar-refractivity contribution in [3.05, 3.63) is 29.8 Å². The second-order valence-corrected chi connectivity index (χ2v) is 7.92. The molecule has 1 fully saturated rings. The average molecular weight is 495 g/mol. The molecule has 0 radical (unpaired) electrons. The van der Waals surface area contributed by atoms with Crippen molar-refractivity contribution in [2.45, 2.75) is 44.2 Å². The van der Waals surface area contributed by atoms with Crippen LogP contribution in [0.5, 0.6) is 0 Å². The van der Waals surface area contributed by atoms with Gasteiger partial charge in [0, 0.05) is 19.1 Å². The van der Waals surface area contributed by atoms with Crippen LogP contribution in [0.25, 0.3) is 0 Å². The smallest absolute Gasteiger partial charge is 0.240 e. The highest BCUT2D eigenvalue weighted by atomic mass is 127. The van der Waals surface area contributed by atoms with Gasteiger partial charge in [-0.1, -0.05) is 26.0 Å². The minimum absolute atomic E-state index is 0. The van der Waals surface area contributed by atoms with Crippen LogP contribution >= 0.6 is 24.0 Å². The van der Waals surface area contributed by atoms with E-state index in [0.29, 0.717) is 25.1 Å². The molecule has 1 aromatic rings. The summed E-state index contributed by atoms with van der Waals surface area (Å²) in [5.41, 5.74) is 6.85. The van der Waals surface area contributed by atoms with Crippen molar-refractivity contribution in [1.82, 2.24) is 14.9 Å². The molecule has 1 saturated heterocycles. The number of benzene rings is 1. The molecule has 0 aliphatic carbocycles. The summed E-state index contributed by atoms with van der Waals surface area (Å²) in [7, 11) is -3.41. The third-order valence-electron chi connectivity index (χ3n) is 4.42. The molecule has 0 saturated carbocycles. The van der Waals surface area contributed by atoms with Gasteiger partial charge in [0.05, 0.1) is 11.4 Å². The molecule has 1 aliphatic heterocycles. The molecule has 4 N–H and O–H groups in total. The van der Waals surface area contributed by atoms with Gasteiger partial charge in [0.2, 0.25) is 10.0 Å². The Kier molecular flexibility index (Phi) is 9.83. The molecule has 2 rings (SSSR count). The van der Waals surface area contributed by atoms with E-state index in [0.717, 1.165) is 25.2 Å².